The number of rotatable bonds is 4. The van der Waals surface area contributed by atoms with Gasteiger partial charge in [-0.05, 0) is 0 Å². The van der Waals surface area contributed by atoms with E-state index in [1.807, 2.05) is 15.7 Å². The first-order valence-electron chi connectivity index (χ1n) is 5.66. The number of esters is 1. The van der Waals surface area contributed by atoms with Crippen LogP contribution in [0.4, 0.5) is 0 Å². The van der Waals surface area contributed by atoms with Crippen LogP contribution in [0.5, 0.6) is 0 Å². The number of β-amino-alcohol motifs (C(OH)–C–C–N with tert-alkyl or cyclic N) is 1. The molecule has 17 heavy (non-hydrogen) atoms. The van der Waals surface area contributed by atoms with Gasteiger partial charge in [-0.1, -0.05) is 0 Å². The molecule has 1 aromatic heterocycles. The standard InChI is InChI=1S/C11H17N3O3/c1-17-11(16)10-6-9(15)7-14(10)5-4-13-3-2-12-8-13/h2-3,8-10,15H,4-7H2,1H3. The smallest absolute Gasteiger partial charge is 0.323 e. The number of methoxy groups -OCH3 is 1. The van der Waals surface area contributed by atoms with Gasteiger partial charge in [0.1, 0.15) is 6.04 Å². The van der Waals surface area contributed by atoms with Gasteiger partial charge in [0, 0.05) is 38.4 Å². The molecule has 0 aliphatic carbocycles. The molecule has 94 valence electrons. The third kappa shape index (κ3) is 2.83. The van der Waals surface area contributed by atoms with Crippen LogP contribution in [0.3, 0.4) is 0 Å². The minimum Gasteiger partial charge on any atom is -0.468 e. The van der Waals surface area contributed by atoms with Crippen molar-refractivity contribution in [3.63, 3.8) is 0 Å². The third-order valence-electron chi connectivity index (χ3n) is 3.06. The van der Waals surface area contributed by atoms with Crippen LogP contribution in [0.15, 0.2) is 18.7 Å². The Labute approximate surface area is 99.8 Å². The van der Waals surface area contributed by atoms with Gasteiger partial charge in [-0.25, -0.2) is 4.98 Å². The summed E-state index contributed by atoms with van der Waals surface area (Å²) in [6, 6.07) is -0.321. The lowest BCUT2D eigenvalue weighted by molar-refractivity contribution is -0.145. The van der Waals surface area contributed by atoms with Crippen molar-refractivity contribution in [3.8, 4) is 0 Å². The molecular formula is C11H17N3O3. The number of hydrogen-bond donors (Lipinski definition) is 1. The monoisotopic (exact) mass is 239 g/mol. The zero-order valence-corrected chi connectivity index (χ0v) is 9.82. The molecule has 0 radical (unpaired) electrons. The van der Waals surface area contributed by atoms with Crippen LogP contribution in [-0.2, 0) is 16.1 Å². The lowest BCUT2D eigenvalue weighted by Crippen LogP contribution is -2.38. The van der Waals surface area contributed by atoms with E-state index in [9.17, 15) is 9.90 Å². The molecule has 0 aromatic carbocycles. The van der Waals surface area contributed by atoms with Gasteiger partial charge >= 0.3 is 5.97 Å². The van der Waals surface area contributed by atoms with E-state index < -0.39 is 6.10 Å². The van der Waals surface area contributed by atoms with Gasteiger partial charge in [-0.2, -0.15) is 0 Å². The fourth-order valence-electron chi connectivity index (χ4n) is 2.17. The van der Waals surface area contributed by atoms with Gasteiger partial charge < -0.3 is 14.4 Å². The summed E-state index contributed by atoms with van der Waals surface area (Å²) in [5.41, 5.74) is 0. The van der Waals surface area contributed by atoms with Crippen LogP contribution < -0.4 is 0 Å². The molecule has 0 amide bonds. The molecule has 1 N–H and O–H groups in total. The van der Waals surface area contributed by atoms with E-state index in [-0.39, 0.29) is 12.0 Å². The van der Waals surface area contributed by atoms with Crippen LogP contribution in [0.1, 0.15) is 6.42 Å². The number of carbonyl (C=O) groups excluding carboxylic acids is 1. The summed E-state index contributed by atoms with van der Waals surface area (Å²) in [4.78, 5) is 17.4. The molecular weight excluding hydrogens is 222 g/mol. The fourth-order valence-corrected chi connectivity index (χ4v) is 2.17. The normalized spacial score (nSPS) is 25.1. The van der Waals surface area contributed by atoms with Gasteiger partial charge in [0.05, 0.1) is 19.5 Å². The summed E-state index contributed by atoms with van der Waals surface area (Å²) in [6.07, 6.45) is 5.34. The van der Waals surface area contributed by atoms with Crippen LogP contribution in [-0.4, -0.2) is 57.9 Å². The molecule has 1 fully saturated rings. The topological polar surface area (TPSA) is 67.6 Å². The maximum Gasteiger partial charge on any atom is 0.323 e. The molecule has 1 aromatic rings. The lowest BCUT2D eigenvalue weighted by atomic mass is 10.2. The van der Waals surface area contributed by atoms with Gasteiger partial charge in [-0.3, -0.25) is 9.69 Å². The molecule has 0 saturated carbocycles. The average molecular weight is 239 g/mol. The maximum absolute atomic E-state index is 11.5. The first-order valence-corrected chi connectivity index (χ1v) is 5.66. The number of likely N-dealkylation sites (tertiary alicyclic amines) is 1. The molecule has 1 saturated heterocycles. The highest BCUT2D eigenvalue weighted by Gasteiger charge is 2.36. The van der Waals surface area contributed by atoms with Crippen molar-refractivity contribution in [3.05, 3.63) is 18.7 Å². The van der Waals surface area contributed by atoms with E-state index in [1.54, 1.807) is 12.5 Å². The predicted octanol–water partition coefficient (Wildman–Crippen LogP) is -0.509. The van der Waals surface area contributed by atoms with E-state index in [2.05, 4.69) is 4.98 Å². The highest BCUT2D eigenvalue weighted by atomic mass is 16.5. The van der Waals surface area contributed by atoms with Crippen LogP contribution >= 0.6 is 0 Å². The maximum atomic E-state index is 11.5. The number of nitrogens with zero attached hydrogens (tertiary/aromatic N) is 3. The second kappa shape index (κ2) is 5.29. The number of carbonyl (C=O) groups is 1. The summed E-state index contributed by atoms with van der Waals surface area (Å²) in [7, 11) is 1.38. The molecule has 0 spiro atoms. The van der Waals surface area contributed by atoms with Crippen LogP contribution in [0.2, 0.25) is 0 Å². The quantitative estimate of drug-likeness (QED) is 0.717. The van der Waals surface area contributed by atoms with Crippen molar-refractivity contribution in [2.75, 3.05) is 20.2 Å². The largest absolute Gasteiger partial charge is 0.468 e. The van der Waals surface area contributed by atoms with E-state index in [1.165, 1.54) is 7.11 Å². The summed E-state index contributed by atoms with van der Waals surface area (Å²) < 4.78 is 6.68. The Bertz CT molecular complexity index is 366. The molecule has 0 bridgehead atoms. The SMILES string of the molecule is COC(=O)C1CC(O)CN1CCn1ccnc1. The lowest BCUT2D eigenvalue weighted by Gasteiger charge is -2.21. The second-order valence-electron chi connectivity index (χ2n) is 4.22. The zero-order chi connectivity index (χ0) is 12.3. The average Bonchev–Trinajstić information content (AvgIpc) is 2.94. The van der Waals surface area contributed by atoms with Crippen LogP contribution in [0, 0.1) is 0 Å². The van der Waals surface area contributed by atoms with Gasteiger partial charge in [0.2, 0.25) is 0 Å². The number of ether oxygens (including phenoxy) is 1. The summed E-state index contributed by atoms with van der Waals surface area (Å²) in [6.45, 7) is 1.97. The highest BCUT2D eigenvalue weighted by molar-refractivity contribution is 5.76. The Morgan fingerprint density at radius 1 is 1.59 bits per heavy atom. The first kappa shape index (κ1) is 12.1. The van der Waals surface area contributed by atoms with Crippen LogP contribution in [0.25, 0.3) is 0 Å². The molecule has 1 aliphatic heterocycles. The molecule has 2 unspecified atom stereocenters. The van der Waals surface area contributed by atoms with E-state index in [0.29, 0.717) is 19.5 Å². The van der Waals surface area contributed by atoms with Crippen molar-refractivity contribution in [1.82, 2.24) is 14.5 Å². The molecule has 2 heterocycles. The third-order valence-corrected chi connectivity index (χ3v) is 3.06. The zero-order valence-electron chi connectivity index (χ0n) is 9.82. The molecule has 6 nitrogen and oxygen atoms in total. The van der Waals surface area contributed by atoms with Gasteiger partial charge in [-0.15, -0.1) is 0 Å². The van der Waals surface area contributed by atoms with Crippen molar-refractivity contribution >= 4 is 5.97 Å². The van der Waals surface area contributed by atoms with E-state index >= 15 is 0 Å². The molecule has 6 heteroatoms. The Kier molecular flexibility index (Phi) is 3.75. The molecule has 2 atom stereocenters. The van der Waals surface area contributed by atoms with E-state index in [0.717, 1.165) is 6.54 Å². The Morgan fingerprint density at radius 3 is 3.06 bits per heavy atom. The first-order chi connectivity index (χ1) is 8.20. The Hall–Kier alpha value is -1.40. The number of hydrogen-bond acceptors (Lipinski definition) is 5. The number of aliphatic hydroxyl groups excluding tert-OH is 1. The number of aromatic nitrogens is 2. The Balaban J connectivity index is 1.91. The van der Waals surface area contributed by atoms with Gasteiger partial charge in [0.15, 0.2) is 0 Å². The van der Waals surface area contributed by atoms with Gasteiger partial charge in [0.25, 0.3) is 0 Å². The van der Waals surface area contributed by atoms with Crippen molar-refractivity contribution in [2.45, 2.75) is 25.1 Å². The minimum atomic E-state index is -0.443. The van der Waals surface area contributed by atoms with Crippen molar-refractivity contribution in [1.29, 1.82) is 0 Å². The summed E-state index contributed by atoms with van der Waals surface area (Å²) in [5, 5.41) is 9.60. The summed E-state index contributed by atoms with van der Waals surface area (Å²) >= 11 is 0. The second-order valence-corrected chi connectivity index (χ2v) is 4.22. The minimum absolute atomic E-state index is 0.271. The molecule has 1 aliphatic rings. The predicted molar refractivity (Wildman–Crippen MR) is 60.2 cm³/mol. The fraction of sp³-hybridized carbons (Fsp3) is 0.636. The highest BCUT2D eigenvalue weighted by Crippen LogP contribution is 2.18. The molecule has 2 rings (SSSR count). The Morgan fingerprint density at radius 2 is 2.41 bits per heavy atom. The van der Waals surface area contributed by atoms with Crippen molar-refractivity contribution in [2.24, 2.45) is 0 Å². The number of imidazole rings is 1. The van der Waals surface area contributed by atoms with Crippen molar-refractivity contribution < 1.29 is 14.6 Å². The number of aliphatic hydroxyl groups is 1. The summed E-state index contributed by atoms with van der Waals surface area (Å²) in [5.74, 6) is -0.271. The van der Waals surface area contributed by atoms with E-state index in [4.69, 9.17) is 4.74 Å².